The second-order valence-electron chi connectivity index (χ2n) is 2.84. The largest absolute Gasteiger partial charge is 0.465 e. The summed E-state index contributed by atoms with van der Waals surface area (Å²) in [6.07, 6.45) is -2.71. The third-order valence-electron chi connectivity index (χ3n) is 1.90. The molecule has 17 heavy (non-hydrogen) atoms. The number of H-pyrrole nitrogens is 1. The molecule has 0 aliphatic rings. The highest BCUT2D eigenvalue weighted by Crippen LogP contribution is 2.23. The van der Waals surface area contributed by atoms with Crippen molar-refractivity contribution in [2.75, 3.05) is 7.11 Å². The van der Waals surface area contributed by atoms with E-state index in [1.807, 2.05) is 4.98 Å². The predicted octanol–water partition coefficient (Wildman–Crippen LogP) is 1.01. The fraction of sp³-hybridized carbons (Fsp3) is 0.250. The van der Waals surface area contributed by atoms with Crippen LogP contribution in [0.5, 0.6) is 0 Å². The number of esters is 1. The summed E-state index contributed by atoms with van der Waals surface area (Å²) in [7, 11) is 0.950. The number of methoxy groups -OCH3 is 1. The minimum atomic E-state index is -3.37. The van der Waals surface area contributed by atoms with Crippen molar-refractivity contribution < 1.29 is 23.2 Å². The molecule has 0 saturated carbocycles. The van der Waals surface area contributed by atoms with Gasteiger partial charge in [0.05, 0.1) is 7.11 Å². The van der Waals surface area contributed by atoms with Gasteiger partial charge < -0.3 is 14.9 Å². The minimum absolute atomic E-state index is 0.665. The quantitative estimate of drug-likeness (QED) is 0.488. The zero-order valence-electron chi connectivity index (χ0n) is 8.40. The van der Waals surface area contributed by atoms with E-state index in [0.717, 1.165) is 7.11 Å². The number of hydrogen-bond donors (Lipinski definition) is 1. The van der Waals surface area contributed by atoms with Crippen LogP contribution in [0.15, 0.2) is 11.0 Å². The molecule has 1 rings (SSSR count). The lowest BCUT2D eigenvalue weighted by molar-refractivity contribution is -0.391. The van der Waals surface area contributed by atoms with Crippen molar-refractivity contribution in [1.29, 1.82) is 0 Å². The number of pyridine rings is 1. The fourth-order valence-corrected chi connectivity index (χ4v) is 1.15. The van der Waals surface area contributed by atoms with Gasteiger partial charge in [-0.25, -0.2) is 18.6 Å². The monoisotopic (exact) mass is 248 g/mol. The van der Waals surface area contributed by atoms with Crippen LogP contribution in [-0.4, -0.2) is 23.0 Å². The first-order chi connectivity index (χ1) is 7.90. The molecule has 0 unspecified atom stereocenters. The Morgan fingerprint density at radius 1 is 1.59 bits per heavy atom. The molecule has 0 fully saturated rings. The van der Waals surface area contributed by atoms with E-state index in [4.69, 9.17) is 0 Å². The molecule has 1 N–H and O–H groups in total. The van der Waals surface area contributed by atoms with Gasteiger partial charge in [-0.2, -0.15) is 0 Å². The van der Waals surface area contributed by atoms with Crippen molar-refractivity contribution >= 4 is 11.8 Å². The summed E-state index contributed by atoms with van der Waals surface area (Å²) >= 11 is 0. The smallest absolute Gasteiger partial charge is 0.345 e. The molecule has 1 aromatic rings. The number of rotatable bonds is 3. The van der Waals surface area contributed by atoms with Gasteiger partial charge >= 0.3 is 11.8 Å². The Kier molecular flexibility index (Phi) is 3.51. The van der Waals surface area contributed by atoms with Gasteiger partial charge in [0.1, 0.15) is 11.8 Å². The number of aromatic nitrogens is 1. The summed E-state index contributed by atoms with van der Waals surface area (Å²) in [6, 6.07) is 0. The van der Waals surface area contributed by atoms with Gasteiger partial charge in [-0.05, 0) is 4.92 Å². The Morgan fingerprint density at radius 2 is 2.18 bits per heavy atom. The standard InChI is InChI=1S/C8H6F2N2O5/c1-17-8(14)3-2-11-7(12(15)16)4(5(3)13)6(9)10/h2,6H,1H3,(H,11,13). The summed E-state index contributed by atoms with van der Waals surface area (Å²) in [5.74, 6) is -2.29. The van der Waals surface area contributed by atoms with Crippen LogP contribution in [0.1, 0.15) is 22.3 Å². The van der Waals surface area contributed by atoms with E-state index in [1.165, 1.54) is 0 Å². The van der Waals surface area contributed by atoms with Gasteiger partial charge in [-0.15, -0.1) is 0 Å². The first kappa shape index (κ1) is 12.7. The van der Waals surface area contributed by atoms with Crippen LogP contribution in [0.4, 0.5) is 14.6 Å². The predicted molar refractivity (Wildman–Crippen MR) is 50.0 cm³/mol. The summed E-state index contributed by atoms with van der Waals surface area (Å²) in [6.45, 7) is 0. The molecule has 0 aliphatic heterocycles. The fourth-order valence-electron chi connectivity index (χ4n) is 1.15. The number of nitro groups is 1. The second kappa shape index (κ2) is 4.68. The normalized spacial score (nSPS) is 10.4. The maximum atomic E-state index is 12.5. The molecule has 0 amide bonds. The van der Waals surface area contributed by atoms with E-state index in [0.29, 0.717) is 6.20 Å². The number of hydrogen-bond acceptors (Lipinski definition) is 5. The van der Waals surface area contributed by atoms with E-state index in [-0.39, 0.29) is 0 Å². The first-order valence-corrected chi connectivity index (χ1v) is 4.16. The van der Waals surface area contributed by atoms with Crippen molar-refractivity contribution in [3.63, 3.8) is 0 Å². The average Bonchev–Trinajstić information content (AvgIpc) is 2.26. The lowest BCUT2D eigenvalue weighted by Crippen LogP contribution is -2.22. The van der Waals surface area contributed by atoms with E-state index < -0.39 is 39.7 Å². The topological polar surface area (TPSA) is 102 Å². The van der Waals surface area contributed by atoms with Crippen molar-refractivity contribution in [3.8, 4) is 0 Å². The van der Waals surface area contributed by atoms with Crippen molar-refractivity contribution in [3.05, 3.63) is 37.7 Å². The molecule has 7 nitrogen and oxygen atoms in total. The van der Waals surface area contributed by atoms with Crippen LogP contribution >= 0.6 is 0 Å². The van der Waals surface area contributed by atoms with Crippen LogP contribution in [0, 0.1) is 10.1 Å². The number of nitrogens with one attached hydrogen (secondary N) is 1. The zero-order chi connectivity index (χ0) is 13.2. The van der Waals surface area contributed by atoms with Crippen LogP contribution in [0.3, 0.4) is 0 Å². The first-order valence-electron chi connectivity index (χ1n) is 4.16. The molecule has 1 heterocycles. The average molecular weight is 248 g/mol. The number of aromatic amines is 1. The van der Waals surface area contributed by atoms with Crippen LogP contribution < -0.4 is 5.43 Å². The van der Waals surface area contributed by atoms with E-state index in [9.17, 15) is 28.5 Å². The Labute approximate surface area is 92.2 Å². The summed E-state index contributed by atoms with van der Waals surface area (Å²) in [5, 5.41) is 10.4. The van der Waals surface area contributed by atoms with E-state index in [1.54, 1.807) is 0 Å². The third kappa shape index (κ3) is 2.27. The lowest BCUT2D eigenvalue weighted by Gasteiger charge is -2.03. The molecule has 0 aliphatic carbocycles. The molecular weight excluding hydrogens is 242 g/mol. The Bertz CT molecular complexity index is 525. The van der Waals surface area contributed by atoms with Gasteiger partial charge in [0, 0.05) is 0 Å². The van der Waals surface area contributed by atoms with Gasteiger partial charge in [0.25, 0.3) is 6.43 Å². The summed E-state index contributed by atoms with van der Waals surface area (Å²) in [5.41, 5.74) is -3.50. The van der Waals surface area contributed by atoms with Crippen LogP contribution in [0.2, 0.25) is 0 Å². The molecule has 0 atom stereocenters. The van der Waals surface area contributed by atoms with Gasteiger partial charge in [0.2, 0.25) is 5.43 Å². The Balaban J connectivity index is 3.55. The molecule has 9 heteroatoms. The van der Waals surface area contributed by atoms with Gasteiger partial charge in [0.15, 0.2) is 5.56 Å². The summed E-state index contributed by atoms with van der Waals surface area (Å²) in [4.78, 5) is 33.6. The molecule has 0 bridgehead atoms. The number of ether oxygens (including phenoxy) is 1. The van der Waals surface area contributed by atoms with E-state index in [2.05, 4.69) is 4.74 Å². The van der Waals surface area contributed by atoms with Gasteiger partial charge in [-0.3, -0.25) is 4.79 Å². The molecule has 0 aromatic carbocycles. The molecule has 1 aromatic heterocycles. The lowest BCUT2D eigenvalue weighted by atomic mass is 10.2. The third-order valence-corrected chi connectivity index (χ3v) is 1.90. The molecule has 0 radical (unpaired) electrons. The highest BCUT2D eigenvalue weighted by Gasteiger charge is 2.29. The maximum absolute atomic E-state index is 12.5. The maximum Gasteiger partial charge on any atom is 0.345 e. The number of nitrogens with zero attached hydrogens (tertiary/aromatic N) is 1. The minimum Gasteiger partial charge on any atom is -0.465 e. The molecular formula is C8H6F2N2O5. The number of halogens is 2. The highest BCUT2D eigenvalue weighted by atomic mass is 19.3. The SMILES string of the molecule is COC(=O)c1c[nH]c([N+](=O)[O-])c(C(F)F)c1=O. The highest BCUT2D eigenvalue weighted by molar-refractivity contribution is 5.89. The number of carbonyl (C=O) groups excluding carboxylic acids is 1. The summed E-state index contributed by atoms with van der Waals surface area (Å²) < 4.78 is 29.2. The number of carbonyl (C=O) groups is 1. The van der Waals surface area contributed by atoms with Crippen LogP contribution in [-0.2, 0) is 4.74 Å². The Morgan fingerprint density at radius 3 is 2.59 bits per heavy atom. The zero-order valence-corrected chi connectivity index (χ0v) is 8.40. The van der Waals surface area contributed by atoms with Gasteiger partial charge in [-0.1, -0.05) is 0 Å². The second-order valence-corrected chi connectivity index (χ2v) is 2.84. The van der Waals surface area contributed by atoms with Crippen molar-refractivity contribution in [1.82, 2.24) is 4.98 Å². The molecule has 0 saturated heterocycles. The number of alkyl halides is 2. The van der Waals surface area contributed by atoms with E-state index >= 15 is 0 Å². The van der Waals surface area contributed by atoms with Crippen molar-refractivity contribution in [2.45, 2.75) is 6.43 Å². The Hall–Kier alpha value is -2.32. The van der Waals surface area contributed by atoms with Crippen molar-refractivity contribution in [2.24, 2.45) is 0 Å². The van der Waals surface area contributed by atoms with Crippen LogP contribution in [0.25, 0.3) is 0 Å². The molecule has 92 valence electrons. The molecule has 0 spiro atoms.